The molecule has 0 aliphatic carbocycles. The molecule has 0 spiro atoms. The van der Waals surface area contributed by atoms with Gasteiger partial charge >= 0.3 is 0 Å². The summed E-state index contributed by atoms with van der Waals surface area (Å²) in [6.07, 6.45) is 4.25. The highest BCUT2D eigenvalue weighted by Gasteiger charge is 2.20. The summed E-state index contributed by atoms with van der Waals surface area (Å²) >= 11 is 0. The molecule has 174 valence electrons. The van der Waals surface area contributed by atoms with Crippen molar-refractivity contribution >= 4 is 27.7 Å². The number of nitrogens with zero attached hydrogens (tertiary/aromatic N) is 6. The van der Waals surface area contributed by atoms with E-state index in [0.717, 1.165) is 22.2 Å². The molecule has 2 aromatic carbocycles. The van der Waals surface area contributed by atoms with E-state index < -0.39 is 0 Å². The van der Waals surface area contributed by atoms with Crippen molar-refractivity contribution in [3.63, 3.8) is 0 Å². The van der Waals surface area contributed by atoms with Gasteiger partial charge in [0.1, 0.15) is 6.33 Å². The third-order valence-electron chi connectivity index (χ3n) is 6.26. The fraction of sp³-hybridized carbons (Fsp3) is 0.192. The van der Waals surface area contributed by atoms with Gasteiger partial charge in [-0.1, -0.05) is 42.0 Å². The number of benzene rings is 2. The van der Waals surface area contributed by atoms with Crippen LogP contribution in [0, 0.1) is 6.92 Å². The van der Waals surface area contributed by atoms with Crippen molar-refractivity contribution in [3.8, 4) is 11.1 Å². The molecule has 0 bridgehead atoms. The van der Waals surface area contributed by atoms with Gasteiger partial charge in [0.25, 0.3) is 5.56 Å². The molecule has 6 rings (SSSR count). The second-order valence-corrected chi connectivity index (χ2v) is 8.58. The largest absolute Gasteiger partial charge is 0.378 e. The van der Waals surface area contributed by atoms with Crippen LogP contribution in [0.25, 0.3) is 38.8 Å². The zero-order chi connectivity index (χ0) is 23.9. The van der Waals surface area contributed by atoms with E-state index in [1.54, 1.807) is 22.5 Å². The lowest BCUT2D eigenvalue weighted by molar-refractivity contribution is 0.181. The fourth-order valence-electron chi connectivity index (χ4n) is 4.54. The van der Waals surface area contributed by atoms with Crippen LogP contribution in [-0.4, -0.2) is 41.5 Å². The van der Waals surface area contributed by atoms with Crippen LogP contribution in [0.1, 0.15) is 16.8 Å². The lowest BCUT2D eigenvalue weighted by Crippen LogP contribution is -2.23. The van der Waals surface area contributed by atoms with Gasteiger partial charge < -0.3 is 9.72 Å². The summed E-state index contributed by atoms with van der Waals surface area (Å²) in [6.45, 7) is 2.85. The first-order valence-electron chi connectivity index (χ1n) is 11.4. The molecule has 9 nitrogen and oxygen atoms in total. The zero-order valence-electron chi connectivity index (χ0n) is 19.4. The smallest absolute Gasteiger partial charge is 0.283 e. The average molecular weight is 466 g/mol. The van der Waals surface area contributed by atoms with E-state index in [1.807, 2.05) is 36.5 Å². The topological polar surface area (TPSA) is 103 Å². The highest BCUT2D eigenvalue weighted by Crippen LogP contribution is 2.28. The van der Waals surface area contributed by atoms with Crippen LogP contribution in [-0.2, 0) is 24.3 Å². The summed E-state index contributed by atoms with van der Waals surface area (Å²) in [6, 6.07) is 16.1. The average Bonchev–Trinajstić information content (AvgIpc) is 3.45. The first-order valence-corrected chi connectivity index (χ1v) is 11.4. The second-order valence-electron chi connectivity index (χ2n) is 8.58. The van der Waals surface area contributed by atoms with Gasteiger partial charge in [-0.25, -0.2) is 4.98 Å². The Morgan fingerprint density at radius 3 is 2.74 bits per heavy atom. The van der Waals surface area contributed by atoms with E-state index in [0.29, 0.717) is 36.6 Å². The van der Waals surface area contributed by atoms with Crippen molar-refractivity contribution in [1.29, 1.82) is 0 Å². The third kappa shape index (κ3) is 3.57. The lowest BCUT2D eigenvalue weighted by atomic mass is 10.1. The normalized spacial score (nSPS) is 11.7. The monoisotopic (exact) mass is 465 g/mol. The van der Waals surface area contributed by atoms with Gasteiger partial charge in [0, 0.05) is 30.8 Å². The molecule has 6 aromatic rings. The molecule has 0 saturated carbocycles. The zero-order valence-corrected chi connectivity index (χ0v) is 19.4. The summed E-state index contributed by atoms with van der Waals surface area (Å²) in [4.78, 5) is 21.2. The van der Waals surface area contributed by atoms with Crippen molar-refractivity contribution in [3.05, 3.63) is 88.2 Å². The summed E-state index contributed by atoms with van der Waals surface area (Å²) in [5.41, 5.74) is 6.77. The predicted molar refractivity (Wildman–Crippen MR) is 133 cm³/mol. The van der Waals surface area contributed by atoms with E-state index >= 15 is 0 Å². The second kappa shape index (κ2) is 8.44. The van der Waals surface area contributed by atoms with Crippen molar-refractivity contribution in [2.45, 2.75) is 26.5 Å². The van der Waals surface area contributed by atoms with Gasteiger partial charge in [-0.05, 0) is 36.6 Å². The summed E-state index contributed by atoms with van der Waals surface area (Å²) in [7, 11) is 1.62. The molecule has 4 heterocycles. The SMILES string of the molecule is COCc1nn2c(nnc3c(=O)n(CCc4c[nH]c5ccc(C)cc45)cnc32)c1-c1ccccc1. The number of H-pyrrole nitrogens is 1. The van der Waals surface area contributed by atoms with Gasteiger partial charge in [-0.2, -0.15) is 9.61 Å². The Morgan fingerprint density at radius 2 is 1.91 bits per heavy atom. The van der Waals surface area contributed by atoms with E-state index in [9.17, 15) is 4.79 Å². The Kier molecular flexibility index (Phi) is 5.11. The van der Waals surface area contributed by atoms with Crippen molar-refractivity contribution < 1.29 is 4.74 Å². The number of aromatic nitrogens is 7. The maximum absolute atomic E-state index is 13.3. The van der Waals surface area contributed by atoms with Crippen molar-refractivity contribution in [2.75, 3.05) is 7.11 Å². The maximum Gasteiger partial charge on any atom is 0.283 e. The Balaban J connectivity index is 1.41. The Hall–Kier alpha value is -4.37. The lowest BCUT2D eigenvalue weighted by Gasteiger charge is -2.07. The minimum Gasteiger partial charge on any atom is -0.378 e. The van der Waals surface area contributed by atoms with Crippen LogP contribution in [0.15, 0.2) is 65.8 Å². The number of hydrogen-bond donors (Lipinski definition) is 1. The van der Waals surface area contributed by atoms with Crippen LogP contribution >= 0.6 is 0 Å². The molecule has 0 unspecified atom stereocenters. The van der Waals surface area contributed by atoms with Crippen LogP contribution in [0.3, 0.4) is 0 Å². The highest BCUT2D eigenvalue weighted by atomic mass is 16.5. The molecule has 0 amide bonds. The molecule has 0 atom stereocenters. The standard InChI is InChI=1S/C26H23N7O2/c1-16-8-9-20-19(12-16)18(13-27-20)10-11-32-15-28-25-23(26(32)34)29-30-24-22(17-6-4-3-5-7-17)21(14-35-2)31-33(24)25/h3-9,12-13,15,27H,10-11,14H2,1-2H3. The molecule has 0 aliphatic rings. The molecule has 0 saturated heterocycles. The molecule has 1 N–H and O–H groups in total. The minimum atomic E-state index is -0.245. The van der Waals surface area contributed by atoms with Crippen molar-refractivity contribution in [2.24, 2.45) is 0 Å². The van der Waals surface area contributed by atoms with E-state index in [4.69, 9.17) is 4.74 Å². The molecule has 0 aliphatic heterocycles. The third-order valence-corrected chi connectivity index (χ3v) is 6.26. The molecular formula is C26H23N7O2. The van der Waals surface area contributed by atoms with Gasteiger partial charge in [-0.15, -0.1) is 10.2 Å². The number of aryl methyl sites for hydroxylation is 3. The Bertz CT molecular complexity index is 1750. The number of aromatic amines is 1. The van der Waals surface area contributed by atoms with Crippen LogP contribution in [0.2, 0.25) is 0 Å². The van der Waals surface area contributed by atoms with Crippen LogP contribution < -0.4 is 5.56 Å². The fourth-order valence-corrected chi connectivity index (χ4v) is 4.54. The first kappa shape index (κ1) is 21.2. The predicted octanol–water partition coefficient (Wildman–Crippen LogP) is 3.68. The summed E-state index contributed by atoms with van der Waals surface area (Å²) < 4.78 is 8.54. The van der Waals surface area contributed by atoms with Crippen molar-refractivity contribution in [1.82, 2.24) is 34.3 Å². The van der Waals surface area contributed by atoms with Gasteiger partial charge in [-0.3, -0.25) is 9.36 Å². The first-order chi connectivity index (χ1) is 17.1. The number of nitrogens with one attached hydrogen (secondary N) is 1. The number of fused-ring (bicyclic) bond motifs is 4. The molecule has 35 heavy (non-hydrogen) atoms. The van der Waals surface area contributed by atoms with Crippen LogP contribution in [0.5, 0.6) is 0 Å². The number of ether oxygens (including phenoxy) is 1. The Morgan fingerprint density at radius 1 is 1.06 bits per heavy atom. The summed E-state index contributed by atoms with van der Waals surface area (Å²) in [5.74, 6) is 0. The quantitative estimate of drug-likeness (QED) is 0.403. The molecule has 0 fully saturated rings. The number of hydrogen-bond acceptors (Lipinski definition) is 6. The summed E-state index contributed by atoms with van der Waals surface area (Å²) in [5, 5.41) is 14.5. The number of rotatable bonds is 6. The molecular weight excluding hydrogens is 442 g/mol. The maximum atomic E-state index is 13.3. The van der Waals surface area contributed by atoms with Gasteiger partial charge in [0.2, 0.25) is 0 Å². The van der Waals surface area contributed by atoms with E-state index in [2.05, 4.69) is 50.4 Å². The Labute approximate surface area is 200 Å². The van der Waals surface area contributed by atoms with E-state index in [1.165, 1.54) is 10.9 Å². The highest BCUT2D eigenvalue weighted by molar-refractivity contribution is 5.84. The molecule has 0 radical (unpaired) electrons. The molecule has 4 aromatic heterocycles. The van der Waals surface area contributed by atoms with Gasteiger partial charge in [0.05, 0.1) is 17.9 Å². The van der Waals surface area contributed by atoms with E-state index in [-0.39, 0.29) is 11.1 Å². The van der Waals surface area contributed by atoms with Crippen LogP contribution in [0.4, 0.5) is 0 Å². The number of methoxy groups -OCH3 is 1. The van der Waals surface area contributed by atoms with Gasteiger partial charge in [0.15, 0.2) is 16.8 Å². The minimum absolute atomic E-state index is 0.181. The molecule has 9 heteroatoms.